The van der Waals surface area contributed by atoms with Gasteiger partial charge in [-0.15, -0.1) is 0 Å². The van der Waals surface area contributed by atoms with Crippen LogP contribution in [0.15, 0.2) is 23.8 Å². The molecule has 0 aliphatic carbocycles. The molecule has 0 fully saturated rings. The number of carbonyl (C=O) groups excluding carboxylic acids is 2. The van der Waals surface area contributed by atoms with E-state index in [-0.39, 0.29) is 5.57 Å². The van der Waals surface area contributed by atoms with Crippen molar-refractivity contribution >= 4 is 11.9 Å². The Kier molecular flexibility index (Phi) is 2.81. The normalized spacial score (nSPS) is 24.3. The Labute approximate surface area is 74.3 Å². The van der Waals surface area contributed by atoms with E-state index in [2.05, 4.69) is 9.47 Å². The summed E-state index contributed by atoms with van der Waals surface area (Å²) in [6, 6.07) is 0. The maximum absolute atomic E-state index is 10.7. The second kappa shape index (κ2) is 3.86. The summed E-state index contributed by atoms with van der Waals surface area (Å²) in [7, 11) is 1.21. The van der Waals surface area contributed by atoms with Gasteiger partial charge in [-0.25, -0.2) is 9.59 Å². The van der Waals surface area contributed by atoms with E-state index in [4.69, 9.17) is 5.11 Å². The van der Waals surface area contributed by atoms with Crippen molar-refractivity contribution < 1.29 is 24.2 Å². The first-order valence-electron chi connectivity index (χ1n) is 3.50. The molecule has 0 aromatic rings. The Morgan fingerprint density at radius 2 is 2.38 bits per heavy atom. The van der Waals surface area contributed by atoms with Crippen LogP contribution in [0.2, 0.25) is 0 Å². The van der Waals surface area contributed by atoms with Crippen LogP contribution in [0.4, 0.5) is 0 Å². The number of hydrogen-bond donors (Lipinski definition) is 1. The number of cyclic esters (lactones) is 1. The zero-order valence-electron chi connectivity index (χ0n) is 6.89. The van der Waals surface area contributed by atoms with Crippen molar-refractivity contribution in [2.75, 3.05) is 7.11 Å². The molecule has 1 heterocycles. The van der Waals surface area contributed by atoms with Crippen molar-refractivity contribution in [2.24, 2.45) is 0 Å². The van der Waals surface area contributed by atoms with Gasteiger partial charge in [0, 0.05) is 17.7 Å². The van der Waals surface area contributed by atoms with E-state index in [9.17, 15) is 9.59 Å². The third-order valence-electron chi connectivity index (χ3n) is 1.41. The summed E-state index contributed by atoms with van der Waals surface area (Å²) >= 11 is 0. The fraction of sp³-hybridized carbons (Fsp3) is 0.250. The molecule has 1 unspecified atom stereocenters. The van der Waals surface area contributed by atoms with Gasteiger partial charge in [0.05, 0.1) is 7.11 Å². The number of hydrogen-bond acceptors (Lipinski definition) is 5. The lowest BCUT2D eigenvalue weighted by atomic mass is 10.2. The number of aliphatic hydroxyl groups is 1. The van der Waals surface area contributed by atoms with Gasteiger partial charge in [0.25, 0.3) is 0 Å². The molecule has 1 aliphatic heterocycles. The monoisotopic (exact) mass is 184 g/mol. The molecule has 0 aromatic carbocycles. The topological polar surface area (TPSA) is 72.8 Å². The lowest BCUT2D eigenvalue weighted by Gasteiger charge is -2.15. The standard InChI is InChI=1S/C8H8O5/c1-12-7(10)4-5-2-3-6(9)13-8(5)11/h2-4,8,11H,1H3. The van der Waals surface area contributed by atoms with Crippen molar-refractivity contribution in [2.45, 2.75) is 6.29 Å². The minimum atomic E-state index is -1.39. The van der Waals surface area contributed by atoms with E-state index in [1.165, 1.54) is 13.2 Å². The van der Waals surface area contributed by atoms with E-state index in [0.29, 0.717) is 0 Å². The molecule has 1 N–H and O–H groups in total. The Hall–Kier alpha value is -1.62. The van der Waals surface area contributed by atoms with Gasteiger partial charge in [0.2, 0.25) is 6.29 Å². The molecular weight excluding hydrogens is 176 g/mol. The van der Waals surface area contributed by atoms with E-state index in [1.54, 1.807) is 0 Å². The summed E-state index contributed by atoms with van der Waals surface area (Å²) in [6.45, 7) is 0. The number of rotatable bonds is 1. The molecule has 0 saturated carbocycles. The molecule has 5 heteroatoms. The first-order valence-corrected chi connectivity index (χ1v) is 3.50. The highest BCUT2D eigenvalue weighted by Crippen LogP contribution is 2.12. The van der Waals surface area contributed by atoms with Crippen molar-refractivity contribution in [3.8, 4) is 0 Å². The molecule has 1 aliphatic rings. The van der Waals surface area contributed by atoms with E-state index in [1.807, 2.05) is 0 Å². The Bertz CT molecular complexity index is 289. The van der Waals surface area contributed by atoms with Crippen LogP contribution in [0, 0.1) is 0 Å². The molecule has 0 aromatic heterocycles. The van der Waals surface area contributed by atoms with Crippen LogP contribution in [0.5, 0.6) is 0 Å². The maximum Gasteiger partial charge on any atom is 0.333 e. The van der Waals surface area contributed by atoms with Gasteiger partial charge in [-0.05, 0) is 6.08 Å². The number of methoxy groups -OCH3 is 1. The van der Waals surface area contributed by atoms with Crippen LogP contribution in [0.25, 0.3) is 0 Å². The summed E-state index contributed by atoms with van der Waals surface area (Å²) < 4.78 is 8.73. The zero-order valence-corrected chi connectivity index (χ0v) is 6.89. The van der Waals surface area contributed by atoms with Crippen LogP contribution in [-0.2, 0) is 19.1 Å². The van der Waals surface area contributed by atoms with Crippen molar-refractivity contribution in [3.63, 3.8) is 0 Å². The highest BCUT2D eigenvalue weighted by molar-refractivity contribution is 5.87. The van der Waals surface area contributed by atoms with Crippen LogP contribution in [0.1, 0.15) is 0 Å². The van der Waals surface area contributed by atoms with E-state index >= 15 is 0 Å². The minimum Gasteiger partial charge on any atom is -0.466 e. The highest BCUT2D eigenvalue weighted by Gasteiger charge is 2.18. The fourth-order valence-electron chi connectivity index (χ4n) is 0.778. The number of ether oxygens (including phenoxy) is 2. The summed E-state index contributed by atoms with van der Waals surface area (Å²) in [5, 5.41) is 9.11. The molecule has 0 bridgehead atoms. The third kappa shape index (κ3) is 2.41. The van der Waals surface area contributed by atoms with Crippen molar-refractivity contribution in [3.05, 3.63) is 23.8 Å². The summed E-state index contributed by atoms with van der Waals surface area (Å²) in [5.41, 5.74) is 0.187. The Morgan fingerprint density at radius 3 is 2.92 bits per heavy atom. The van der Waals surface area contributed by atoms with Crippen molar-refractivity contribution in [1.82, 2.24) is 0 Å². The van der Waals surface area contributed by atoms with E-state index in [0.717, 1.165) is 12.2 Å². The number of carbonyl (C=O) groups is 2. The number of esters is 2. The fourth-order valence-corrected chi connectivity index (χ4v) is 0.778. The number of aliphatic hydroxyl groups excluding tert-OH is 1. The van der Waals surface area contributed by atoms with Gasteiger partial charge in [-0.3, -0.25) is 0 Å². The second-order valence-corrected chi connectivity index (χ2v) is 2.29. The Balaban J connectivity index is 2.81. The van der Waals surface area contributed by atoms with Crippen molar-refractivity contribution in [1.29, 1.82) is 0 Å². The van der Waals surface area contributed by atoms with Gasteiger partial charge < -0.3 is 14.6 Å². The van der Waals surface area contributed by atoms with Gasteiger partial charge >= 0.3 is 11.9 Å². The SMILES string of the molecule is COC(=O)C=C1C=CC(=O)OC1O. The quantitative estimate of drug-likeness (QED) is 0.440. The van der Waals surface area contributed by atoms with Gasteiger partial charge in [0.1, 0.15) is 0 Å². The van der Waals surface area contributed by atoms with Gasteiger partial charge in [0.15, 0.2) is 0 Å². The lowest BCUT2D eigenvalue weighted by Crippen LogP contribution is -2.22. The molecule has 0 amide bonds. The Morgan fingerprint density at radius 1 is 1.69 bits per heavy atom. The summed E-state index contributed by atoms with van der Waals surface area (Å²) in [4.78, 5) is 21.3. The van der Waals surface area contributed by atoms with Crippen LogP contribution >= 0.6 is 0 Å². The maximum atomic E-state index is 10.7. The molecule has 13 heavy (non-hydrogen) atoms. The smallest absolute Gasteiger partial charge is 0.333 e. The molecule has 1 rings (SSSR count). The van der Waals surface area contributed by atoms with Gasteiger partial charge in [-0.2, -0.15) is 0 Å². The molecule has 1 atom stereocenters. The van der Waals surface area contributed by atoms with Crippen LogP contribution in [-0.4, -0.2) is 30.4 Å². The predicted octanol–water partition coefficient (Wildman–Crippen LogP) is -0.483. The first kappa shape index (κ1) is 9.47. The molecule has 0 saturated heterocycles. The molecule has 5 nitrogen and oxygen atoms in total. The van der Waals surface area contributed by atoms with Gasteiger partial charge in [-0.1, -0.05) is 0 Å². The van der Waals surface area contributed by atoms with Crippen LogP contribution in [0.3, 0.4) is 0 Å². The molecule has 70 valence electrons. The molecule has 0 spiro atoms. The average Bonchev–Trinajstić information content (AvgIpc) is 2.09. The second-order valence-electron chi connectivity index (χ2n) is 2.29. The largest absolute Gasteiger partial charge is 0.466 e. The zero-order chi connectivity index (χ0) is 9.84. The first-order chi connectivity index (χ1) is 6.13. The average molecular weight is 184 g/mol. The molecular formula is C8H8O5. The summed E-state index contributed by atoms with van der Waals surface area (Å²) in [5.74, 6) is -1.26. The third-order valence-corrected chi connectivity index (χ3v) is 1.41. The predicted molar refractivity (Wildman–Crippen MR) is 41.3 cm³/mol. The molecule has 0 radical (unpaired) electrons. The highest BCUT2D eigenvalue weighted by atomic mass is 16.6. The summed E-state index contributed by atoms with van der Waals surface area (Å²) in [6.07, 6.45) is 2.07. The van der Waals surface area contributed by atoms with Crippen LogP contribution < -0.4 is 0 Å². The minimum absolute atomic E-state index is 0.187. The van der Waals surface area contributed by atoms with E-state index < -0.39 is 18.2 Å². The lowest BCUT2D eigenvalue weighted by molar-refractivity contribution is -0.157.